The summed E-state index contributed by atoms with van der Waals surface area (Å²) in [7, 11) is 0. The third-order valence-electron chi connectivity index (χ3n) is 23.2. The molecule has 0 aromatic heterocycles. The van der Waals surface area contributed by atoms with Gasteiger partial charge in [0, 0.05) is 145 Å². The molecular formula is C104H89F3Ir5N5-5. The number of fused-ring (bicyclic) bond motifs is 6. The van der Waals surface area contributed by atoms with E-state index in [-0.39, 0.29) is 122 Å². The number of nitrogens with zero attached hydrogens (tertiary/aromatic N) is 5. The van der Waals surface area contributed by atoms with Crippen LogP contribution in [0.1, 0.15) is 172 Å². The number of hydrogen-bond acceptors (Lipinski definition) is 5. The zero-order valence-electron chi connectivity index (χ0n) is 65.8. The minimum absolute atomic E-state index is 0. The summed E-state index contributed by atoms with van der Waals surface area (Å²) < 4.78 is 38.4. The first-order chi connectivity index (χ1) is 54.1. The van der Waals surface area contributed by atoms with Gasteiger partial charge in [-0.2, -0.15) is 106 Å². The maximum absolute atomic E-state index is 12.8. The van der Waals surface area contributed by atoms with Crippen LogP contribution in [0.5, 0.6) is 0 Å². The van der Waals surface area contributed by atoms with E-state index in [2.05, 4.69) is 297 Å². The number of alkyl halides is 3. The van der Waals surface area contributed by atoms with Gasteiger partial charge in [-0.05, 0) is 100 Å². The molecule has 13 aromatic rings. The Morgan fingerprint density at radius 1 is 0.265 bits per heavy atom. The van der Waals surface area contributed by atoms with Crippen molar-refractivity contribution in [2.45, 2.75) is 100.0 Å². The zero-order valence-corrected chi connectivity index (χ0v) is 77.8. The largest absolute Gasteiger partial charge is 0.405 e. The van der Waals surface area contributed by atoms with Crippen molar-refractivity contribution >= 4 is 57.0 Å². The van der Waals surface area contributed by atoms with Crippen LogP contribution in [0, 0.1) is 34.6 Å². The SMILES string of the molecule is [CH2-]c1cc(C(F)(F)F)ccc1C1=Nc2ccccc2C1(C)C.[CH2-]c1ccccc1C1=Nc2ccccc2C1(C)C.[CH2-]c1ccccc1C1=Nc2ccccc2C1(C)c1ccccc1.[CH2-]c1ccccc1C1=Nc2ccccc2C1(c1ccccc1)c1ccccc1.[CH2-]c1ccccc1C1=Nc2ccccc2C12CCCCC2.[Ir].[Ir].[Ir].[Ir].[Ir]. The van der Waals surface area contributed by atoms with Crippen LogP contribution in [0.3, 0.4) is 0 Å². The van der Waals surface area contributed by atoms with Crippen LogP contribution >= 0.6 is 0 Å². The van der Waals surface area contributed by atoms with E-state index in [4.69, 9.17) is 20.0 Å². The van der Waals surface area contributed by atoms with Crippen molar-refractivity contribution in [3.8, 4) is 0 Å². The Balaban J connectivity index is 0.000000154. The Bertz CT molecular complexity index is 5800. The molecule has 117 heavy (non-hydrogen) atoms. The van der Waals surface area contributed by atoms with Gasteiger partial charge in [-0.15, -0.1) is 82.4 Å². The number of benzene rings is 13. The van der Waals surface area contributed by atoms with E-state index in [1.165, 1.54) is 88.4 Å². The van der Waals surface area contributed by atoms with Crippen LogP contribution in [0.15, 0.2) is 353 Å². The summed E-state index contributed by atoms with van der Waals surface area (Å²) >= 11 is 0. The molecule has 5 aliphatic heterocycles. The Labute approximate surface area is 756 Å². The molecule has 19 rings (SSSR count). The first-order valence-corrected chi connectivity index (χ1v) is 38.4. The average molecular weight is 2430 g/mol. The minimum Gasteiger partial charge on any atom is -0.265 e. The van der Waals surface area contributed by atoms with Crippen LogP contribution in [0.4, 0.5) is 41.6 Å². The summed E-state index contributed by atoms with van der Waals surface area (Å²) in [6.45, 7) is 31.4. The standard InChI is InChI=1S/C27H20N.C22H18N.C20H20N.C18H15F3N.C17H16N.5Ir/c1-20-12-8-9-17-23(20)26-27(21-13-4-2-5-14-21,22-15-6-3-7-16-22)24-18-10-11-19-25(24)28-26;1-16-10-6-7-13-18(16)21-22(2,17-11-4-3-5-12-17)19-14-8-9-15-20(19)23-21;1-15-9-3-4-10-16(15)19-20(13-7-2-8-14-20)17-11-5-6-12-18(17)21-19;1-11-10-12(18(19,20)21)8-9-13(11)16-17(2,3)14-6-4-5-7-15(14)22-16;1-12-8-4-5-9-13(12)16-17(2,3)14-10-6-7-11-15(14)18-16;;;;;/h2-19H,1H2;3-15H,1H2,2H3;3-6,9-12H,1-2,7-8,13-14H2;4-10H,1H2,2-3H3;4-11H,1H2,2-3H3;;;;;/q5*-1;;;;;. The summed E-state index contributed by atoms with van der Waals surface area (Å²) in [6.07, 6.45) is 2.03. The Hall–Kier alpha value is -9.40. The Morgan fingerprint density at radius 3 is 0.966 bits per heavy atom. The van der Waals surface area contributed by atoms with E-state index in [0.29, 0.717) is 11.1 Å². The molecule has 0 N–H and O–H groups in total. The van der Waals surface area contributed by atoms with E-state index in [0.717, 1.165) is 108 Å². The second-order valence-electron chi connectivity index (χ2n) is 30.8. The maximum Gasteiger partial charge on any atom is 0.405 e. The quantitative estimate of drug-likeness (QED) is 0.136. The molecule has 5 nitrogen and oxygen atoms in total. The van der Waals surface area contributed by atoms with Crippen LogP contribution in [-0.4, -0.2) is 28.6 Å². The molecule has 1 unspecified atom stereocenters. The predicted molar refractivity (Wildman–Crippen MR) is 459 cm³/mol. The van der Waals surface area contributed by atoms with Gasteiger partial charge in [0.05, 0.1) is 39.3 Å². The van der Waals surface area contributed by atoms with Crippen molar-refractivity contribution in [3.63, 3.8) is 0 Å². The predicted octanol–water partition coefficient (Wildman–Crippen LogP) is 26.4. The third-order valence-corrected chi connectivity index (χ3v) is 23.2. The third kappa shape index (κ3) is 17.2. The fourth-order valence-corrected chi connectivity index (χ4v) is 17.4. The van der Waals surface area contributed by atoms with Gasteiger partial charge in [-0.1, -0.05) is 259 Å². The van der Waals surface area contributed by atoms with Crippen molar-refractivity contribution < 1.29 is 114 Å². The van der Waals surface area contributed by atoms with Crippen molar-refractivity contribution in [1.82, 2.24) is 0 Å². The van der Waals surface area contributed by atoms with Gasteiger partial charge >= 0.3 is 6.18 Å². The second-order valence-corrected chi connectivity index (χ2v) is 30.8. The molecule has 1 fully saturated rings. The molecular weight excluding hydrogens is 2340 g/mol. The van der Waals surface area contributed by atoms with E-state index >= 15 is 0 Å². The average Bonchev–Trinajstić information content (AvgIpc) is 1.57. The summed E-state index contributed by atoms with van der Waals surface area (Å²) in [5.74, 6) is 0. The van der Waals surface area contributed by atoms with E-state index < -0.39 is 17.2 Å². The van der Waals surface area contributed by atoms with Crippen LogP contribution < -0.4 is 0 Å². The van der Waals surface area contributed by atoms with Crippen LogP contribution in [0.25, 0.3) is 0 Å². The topological polar surface area (TPSA) is 61.8 Å². The molecule has 6 aliphatic rings. The molecule has 13 heteroatoms. The number of aliphatic imine (C=N–C) groups is 5. The smallest absolute Gasteiger partial charge is 0.265 e. The molecule has 1 spiro atoms. The Morgan fingerprint density at radius 2 is 0.556 bits per heavy atom. The van der Waals surface area contributed by atoms with Gasteiger partial charge in [0.2, 0.25) is 0 Å². The fraction of sp³-hybridized carbons (Fsp3) is 0.154. The van der Waals surface area contributed by atoms with E-state index in [1.54, 1.807) is 0 Å². The molecule has 13 aromatic carbocycles. The van der Waals surface area contributed by atoms with Crippen LogP contribution in [-0.2, 0) is 134 Å². The molecule has 5 radical (unpaired) electrons. The van der Waals surface area contributed by atoms with Gasteiger partial charge in [-0.25, -0.2) is 0 Å². The summed E-state index contributed by atoms with van der Waals surface area (Å²) in [4.78, 5) is 24.6. The first-order valence-electron chi connectivity index (χ1n) is 38.4. The molecule has 0 amide bonds. The minimum atomic E-state index is -4.36. The van der Waals surface area contributed by atoms with Gasteiger partial charge in [-0.3, -0.25) is 25.0 Å². The van der Waals surface area contributed by atoms with Gasteiger partial charge in [0.25, 0.3) is 0 Å². The number of halogens is 3. The number of rotatable bonds is 8. The molecule has 0 bridgehead atoms. The number of hydrogen-bond donors (Lipinski definition) is 0. The molecule has 1 atom stereocenters. The molecule has 1 saturated carbocycles. The van der Waals surface area contributed by atoms with Gasteiger partial charge in [0.15, 0.2) is 0 Å². The van der Waals surface area contributed by atoms with Crippen molar-refractivity contribution in [3.05, 3.63) is 468 Å². The zero-order chi connectivity index (χ0) is 78.0. The summed E-state index contributed by atoms with van der Waals surface area (Å²) in [5.41, 5.74) is 28.4. The second kappa shape index (κ2) is 37.7. The van der Waals surface area contributed by atoms with E-state index in [1.807, 2.05) is 86.6 Å². The molecule has 5 heterocycles. The molecule has 1 aliphatic carbocycles. The Kier molecular flexibility index (Phi) is 29.0. The fourth-order valence-electron chi connectivity index (χ4n) is 17.4. The monoisotopic (exact) mass is 2430 g/mol. The van der Waals surface area contributed by atoms with Gasteiger partial charge < -0.3 is 0 Å². The number of para-hydroxylation sites is 5. The summed E-state index contributed by atoms with van der Waals surface area (Å²) in [6, 6.07) is 110. The van der Waals surface area contributed by atoms with Crippen LogP contribution in [0.2, 0.25) is 0 Å². The first kappa shape index (κ1) is 89.9. The van der Waals surface area contributed by atoms with Crippen molar-refractivity contribution in [1.29, 1.82) is 0 Å². The normalized spacial score (nSPS) is 16.3. The maximum atomic E-state index is 12.8. The van der Waals surface area contributed by atoms with Gasteiger partial charge in [0.1, 0.15) is 0 Å². The molecule has 0 saturated heterocycles. The summed E-state index contributed by atoms with van der Waals surface area (Å²) in [5, 5.41) is 0. The van der Waals surface area contributed by atoms with Crippen molar-refractivity contribution in [2.75, 3.05) is 0 Å². The van der Waals surface area contributed by atoms with Crippen molar-refractivity contribution in [2.24, 2.45) is 25.0 Å². The van der Waals surface area contributed by atoms with E-state index in [9.17, 15) is 13.2 Å². The molecule has 601 valence electrons.